The zero-order chi connectivity index (χ0) is 18.8. The lowest BCUT2D eigenvalue weighted by molar-refractivity contribution is -0.120. The van der Waals surface area contributed by atoms with Gasteiger partial charge >= 0.3 is 0 Å². The van der Waals surface area contributed by atoms with E-state index in [1.807, 2.05) is 60.7 Å². The molecule has 0 aliphatic carbocycles. The van der Waals surface area contributed by atoms with E-state index in [0.29, 0.717) is 0 Å². The zero-order valence-electron chi connectivity index (χ0n) is 15.6. The van der Waals surface area contributed by atoms with Crippen molar-refractivity contribution in [3.63, 3.8) is 0 Å². The Morgan fingerprint density at radius 2 is 1.19 bits per heavy atom. The van der Waals surface area contributed by atoms with Gasteiger partial charge in [-0.1, -0.05) is 48.6 Å². The maximum Gasteiger partial charge on any atom is 0.133 e. The van der Waals surface area contributed by atoms with Crippen LogP contribution in [0.4, 0.5) is 0 Å². The molecule has 0 spiro atoms. The van der Waals surface area contributed by atoms with Crippen molar-refractivity contribution in [2.45, 2.75) is 19.8 Å². The Morgan fingerprint density at radius 1 is 0.808 bits per heavy atom. The van der Waals surface area contributed by atoms with Crippen molar-refractivity contribution < 1.29 is 14.3 Å². The quantitative estimate of drug-likeness (QED) is 0.606. The van der Waals surface area contributed by atoms with Gasteiger partial charge in [0.2, 0.25) is 0 Å². The van der Waals surface area contributed by atoms with Gasteiger partial charge in [0.05, 0.1) is 14.2 Å². The Morgan fingerprint density at radius 3 is 1.50 bits per heavy atom. The van der Waals surface area contributed by atoms with E-state index >= 15 is 0 Å². The highest BCUT2D eigenvalue weighted by molar-refractivity contribution is 5.79. The largest absolute Gasteiger partial charge is 0.497 e. The minimum atomic E-state index is -0.000929. The van der Waals surface area contributed by atoms with Gasteiger partial charge in [-0.25, -0.2) is 0 Å². The average Bonchev–Trinajstić information content (AvgIpc) is 2.67. The van der Waals surface area contributed by atoms with Crippen molar-refractivity contribution in [3.8, 4) is 11.5 Å². The summed E-state index contributed by atoms with van der Waals surface area (Å²) in [7, 11) is 3.31. The van der Waals surface area contributed by atoms with Crippen LogP contribution in [0.15, 0.2) is 60.7 Å². The van der Waals surface area contributed by atoms with E-state index < -0.39 is 0 Å². The molecule has 0 N–H and O–H groups in total. The number of methoxy groups -OCH3 is 2. The Hall–Kier alpha value is -2.81. The number of carbonyl (C=O) groups is 1. The number of benzene rings is 2. The molecule has 136 valence electrons. The monoisotopic (exact) mass is 350 g/mol. The van der Waals surface area contributed by atoms with E-state index in [9.17, 15) is 4.79 Å². The first-order chi connectivity index (χ1) is 12.6. The topological polar surface area (TPSA) is 35.5 Å². The number of Topliss-reactive ketones (excluding diaryl/α,β-unsaturated/α-hetero) is 1. The van der Waals surface area contributed by atoms with Gasteiger partial charge in [0.25, 0.3) is 0 Å². The zero-order valence-corrected chi connectivity index (χ0v) is 15.6. The third kappa shape index (κ3) is 6.25. The molecule has 0 aromatic heterocycles. The van der Waals surface area contributed by atoms with Crippen LogP contribution in [0.2, 0.25) is 0 Å². The number of ketones is 1. The summed E-state index contributed by atoms with van der Waals surface area (Å²) >= 11 is 0. The van der Waals surface area contributed by atoms with Gasteiger partial charge in [0.1, 0.15) is 17.3 Å². The molecule has 0 radical (unpaired) electrons. The molecule has 0 atom stereocenters. The summed E-state index contributed by atoms with van der Waals surface area (Å²) in [6.07, 6.45) is 9.68. The van der Waals surface area contributed by atoms with E-state index in [-0.39, 0.29) is 11.7 Å². The summed E-state index contributed by atoms with van der Waals surface area (Å²) in [6, 6.07) is 15.7. The number of ether oxygens (including phenoxy) is 2. The van der Waals surface area contributed by atoms with Gasteiger partial charge in [0.15, 0.2) is 0 Å². The van der Waals surface area contributed by atoms with E-state index in [0.717, 1.165) is 35.5 Å². The Balaban J connectivity index is 1.89. The van der Waals surface area contributed by atoms with E-state index in [2.05, 4.69) is 12.2 Å². The molecule has 2 aromatic rings. The van der Waals surface area contributed by atoms with Crippen molar-refractivity contribution in [1.82, 2.24) is 0 Å². The highest BCUT2D eigenvalue weighted by atomic mass is 16.5. The molecule has 3 heteroatoms. The van der Waals surface area contributed by atoms with E-state index in [1.54, 1.807) is 21.1 Å². The first kappa shape index (κ1) is 19.5. The van der Waals surface area contributed by atoms with Crippen LogP contribution in [0.1, 0.15) is 30.9 Å². The first-order valence-corrected chi connectivity index (χ1v) is 8.74. The molecule has 0 aliphatic rings. The van der Waals surface area contributed by atoms with Crippen LogP contribution in [0, 0.1) is 5.92 Å². The molecule has 0 unspecified atom stereocenters. The number of rotatable bonds is 9. The number of hydrogen-bond acceptors (Lipinski definition) is 3. The molecule has 0 saturated carbocycles. The second kappa shape index (κ2) is 10.2. The summed E-state index contributed by atoms with van der Waals surface area (Å²) < 4.78 is 10.3. The summed E-state index contributed by atoms with van der Waals surface area (Å²) in [4.78, 5) is 11.9. The molecule has 26 heavy (non-hydrogen) atoms. The van der Waals surface area contributed by atoms with Gasteiger partial charge < -0.3 is 9.47 Å². The summed E-state index contributed by atoms with van der Waals surface area (Å²) in [5.41, 5.74) is 2.20. The Labute approximate surface area is 156 Å². The van der Waals surface area contributed by atoms with Crippen LogP contribution in [0.25, 0.3) is 12.2 Å². The summed E-state index contributed by atoms with van der Waals surface area (Å²) in [6.45, 7) is 1.66. The van der Waals surface area contributed by atoms with Crippen LogP contribution in [-0.2, 0) is 4.79 Å². The molecule has 2 aromatic carbocycles. The van der Waals surface area contributed by atoms with E-state index in [1.165, 1.54) is 0 Å². The molecule has 0 heterocycles. The van der Waals surface area contributed by atoms with Gasteiger partial charge in [-0.2, -0.15) is 0 Å². The standard InChI is InChI=1S/C23H26O3/c1-18(24)21(8-4-6-19-10-14-22(25-2)15-11-19)9-5-7-20-12-16-23(26-3)17-13-20/h4-7,10-17,21H,8-9H2,1-3H3. The lowest BCUT2D eigenvalue weighted by atomic mass is 9.96. The lowest BCUT2D eigenvalue weighted by Crippen LogP contribution is -2.08. The van der Waals surface area contributed by atoms with Gasteiger partial charge in [-0.05, 0) is 55.2 Å². The molecule has 2 rings (SSSR count). The van der Waals surface area contributed by atoms with Crippen molar-refractivity contribution in [2.75, 3.05) is 14.2 Å². The number of carbonyl (C=O) groups excluding carboxylic acids is 1. The fourth-order valence-electron chi connectivity index (χ4n) is 2.59. The fraction of sp³-hybridized carbons (Fsp3) is 0.261. The molecule has 0 amide bonds. The molecule has 0 saturated heterocycles. The van der Waals surface area contributed by atoms with E-state index in [4.69, 9.17) is 9.47 Å². The van der Waals surface area contributed by atoms with Gasteiger partial charge in [-0.3, -0.25) is 4.79 Å². The second-order valence-electron chi connectivity index (χ2n) is 6.13. The summed E-state index contributed by atoms with van der Waals surface area (Å²) in [5.74, 6) is 1.89. The molecular formula is C23H26O3. The minimum absolute atomic E-state index is 0.000929. The third-order valence-corrected chi connectivity index (χ3v) is 4.27. The number of allylic oxidation sites excluding steroid dienone is 2. The smallest absolute Gasteiger partial charge is 0.133 e. The molecule has 0 fully saturated rings. The van der Waals surface area contributed by atoms with Gasteiger partial charge in [-0.15, -0.1) is 0 Å². The van der Waals surface area contributed by atoms with Crippen LogP contribution in [-0.4, -0.2) is 20.0 Å². The minimum Gasteiger partial charge on any atom is -0.497 e. The predicted molar refractivity (Wildman–Crippen MR) is 107 cm³/mol. The molecule has 0 aliphatic heterocycles. The maximum atomic E-state index is 11.9. The van der Waals surface area contributed by atoms with Gasteiger partial charge in [0, 0.05) is 5.92 Å². The highest BCUT2D eigenvalue weighted by Crippen LogP contribution is 2.17. The molecular weight excluding hydrogens is 324 g/mol. The van der Waals surface area contributed by atoms with Crippen LogP contribution >= 0.6 is 0 Å². The summed E-state index contributed by atoms with van der Waals surface area (Å²) in [5, 5.41) is 0. The SMILES string of the molecule is COc1ccc(C=CCC(CC=Cc2ccc(OC)cc2)C(C)=O)cc1. The van der Waals surface area contributed by atoms with Crippen molar-refractivity contribution >= 4 is 17.9 Å². The highest BCUT2D eigenvalue weighted by Gasteiger charge is 2.10. The van der Waals surface area contributed by atoms with Crippen molar-refractivity contribution in [1.29, 1.82) is 0 Å². The van der Waals surface area contributed by atoms with Crippen molar-refractivity contribution in [2.24, 2.45) is 5.92 Å². The average molecular weight is 350 g/mol. The Kier molecular flexibility index (Phi) is 7.69. The third-order valence-electron chi connectivity index (χ3n) is 4.27. The maximum absolute atomic E-state index is 11.9. The lowest BCUT2D eigenvalue weighted by Gasteiger charge is -2.08. The first-order valence-electron chi connectivity index (χ1n) is 8.74. The second-order valence-corrected chi connectivity index (χ2v) is 6.13. The fourth-order valence-corrected chi connectivity index (χ4v) is 2.59. The molecule has 3 nitrogen and oxygen atoms in total. The van der Waals surface area contributed by atoms with Crippen molar-refractivity contribution in [3.05, 3.63) is 71.8 Å². The molecule has 0 bridgehead atoms. The normalized spacial score (nSPS) is 12.4. The Bertz CT molecular complexity index is 681. The predicted octanol–water partition coefficient (Wildman–Crippen LogP) is 5.42. The van der Waals surface area contributed by atoms with Crippen LogP contribution in [0.3, 0.4) is 0 Å². The van der Waals surface area contributed by atoms with Crippen LogP contribution in [0.5, 0.6) is 11.5 Å². The number of hydrogen-bond donors (Lipinski definition) is 0. The van der Waals surface area contributed by atoms with Crippen LogP contribution < -0.4 is 9.47 Å².